The molecule has 1 fully saturated rings. The van der Waals surface area contributed by atoms with Gasteiger partial charge in [-0.2, -0.15) is 0 Å². The summed E-state index contributed by atoms with van der Waals surface area (Å²) >= 11 is 0. The van der Waals surface area contributed by atoms with Crippen molar-refractivity contribution in [2.24, 2.45) is 5.41 Å². The van der Waals surface area contributed by atoms with Crippen LogP contribution in [0.1, 0.15) is 51.6 Å². The maximum absolute atomic E-state index is 3.65. The minimum Gasteiger partial charge on any atom is -0.350 e. The predicted molar refractivity (Wildman–Crippen MR) is 73.0 cm³/mol. The van der Waals surface area contributed by atoms with Gasteiger partial charge in [-0.05, 0) is 36.8 Å². The van der Waals surface area contributed by atoms with Crippen molar-refractivity contribution in [2.45, 2.75) is 59.0 Å². The average molecular weight is 234 g/mol. The van der Waals surface area contributed by atoms with E-state index in [2.05, 4.69) is 42.1 Å². The first-order valence-electron chi connectivity index (χ1n) is 7.08. The summed E-state index contributed by atoms with van der Waals surface area (Å²) in [4.78, 5) is 0. The van der Waals surface area contributed by atoms with Crippen molar-refractivity contribution in [3.8, 4) is 0 Å². The third-order valence-corrected chi connectivity index (χ3v) is 4.06. The highest BCUT2D eigenvalue weighted by Crippen LogP contribution is 2.36. The second kappa shape index (κ2) is 5.72. The molecular weight excluding hydrogens is 208 g/mol. The van der Waals surface area contributed by atoms with Crippen molar-refractivity contribution in [1.29, 1.82) is 0 Å². The Morgan fingerprint density at radius 3 is 2.82 bits per heavy atom. The average Bonchev–Trinajstić information content (AvgIpc) is 2.90. The van der Waals surface area contributed by atoms with E-state index in [0.717, 1.165) is 13.1 Å². The Labute approximate surface area is 105 Å². The normalized spacial score (nSPS) is 18.7. The molecule has 1 N–H and O–H groups in total. The van der Waals surface area contributed by atoms with E-state index in [4.69, 9.17) is 0 Å². The Balaban J connectivity index is 1.79. The van der Waals surface area contributed by atoms with Crippen molar-refractivity contribution in [1.82, 2.24) is 9.88 Å². The third kappa shape index (κ3) is 3.35. The van der Waals surface area contributed by atoms with E-state index in [-0.39, 0.29) is 0 Å². The molecule has 96 valence electrons. The number of nitrogens with one attached hydrogen (secondary N) is 1. The number of aryl methyl sites for hydroxylation is 1. The van der Waals surface area contributed by atoms with E-state index in [1.54, 1.807) is 0 Å². The lowest BCUT2D eigenvalue weighted by atomic mass is 9.89. The monoisotopic (exact) mass is 234 g/mol. The summed E-state index contributed by atoms with van der Waals surface area (Å²) in [5.74, 6) is 0. The van der Waals surface area contributed by atoms with Crippen LogP contribution in [0.15, 0.2) is 18.3 Å². The Hall–Kier alpha value is -0.760. The second-order valence-electron chi connectivity index (χ2n) is 5.81. The second-order valence-corrected chi connectivity index (χ2v) is 5.81. The summed E-state index contributed by atoms with van der Waals surface area (Å²) in [6, 6.07) is 4.39. The lowest BCUT2D eigenvalue weighted by Crippen LogP contribution is -2.29. The maximum atomic E-state index is 3.65. The van der Waals surface area contributed by atoms with Crippen LogP contribution >= 0.6 is 0 Å². The Kier molecular flexibility index (Phi) is 4.27. The molecule has 0 atom stereocenters. The molecule has 1 saturated carbocycles. The standard InChI is InChI=1S/C15H26N2/c1-3-10-17-11-6-7-14(17)12-16-13-15(2)8-4-5-9-15/h6-7,11,16H,3-5,8-10,12-13H2,1-2H3. The van der Waals surface area contributed by atoms with Crippen molar-refractivity contribution in [3.63, 3.8) is 0 Å². The molecule has 0 saturated heterocycles. The van der Waals surface area contributed by atoms with Crippen LogP contribution in [0.3, 0.4) is 0 Å². The van der Waals surface area contributed by atoms with Crippen molar-refractivity contribution < 1.29 is 0 Å². The lowest BCUT2D eigenvalue weighted by Gasteiger charge is -2.24. The smallest absolute Gasteiger partial charge is 0.0359 e. The van der Waals surface area contributed by atoms with Gasteiger partial charge in [-0.25, -0.2) is 0 Å². The summed E-state index contributed by atoms with van der Waals surface area (Å²) in [6.45, 7) is 7.99. The highest BCUT2D eigenvalue weighted by atomic mass is 15.0. The topological polar surface area (TPSA) is 17.0 Å². The molecule has 1 heterocycles. The van der Waals surface area contributed by atoms with Gasteiger partial charge in [-0.3, -0.25) is 0 Å². The van der Waals surface area contributed by atoms with E-state index in [1.165, 1.54) is 44.3 Å². The van der Waals surface area contributed by atoms with Crippen LogP contribution in [0.4, 0.5) is 0 Å². The lowest BCUT2D eigenvalue weighted by molar-refractivity contribution is 0.313. The molecule has 0 radical (unpaired) electrons. The SMILES string of the molecule is CCCn1cccc1CNCC1(C)CCCC1. The van der Waals surface area contributed by atoms with Crippen molar-refractivity contribution in [3.05, 3.63) is 24.0 Å². The Morgan fingerprint density at radius 2 is 2.12 bits per heavy atom. The fourth-order valence-corrected chi connectivity index (χ4v) is 2.97. The number of nitrogens with zero attached hydrogens (tertiary/aromatic N) is 1. The third-order valence-electron chi connectivity index (χ3n) is 4.06. The van der Waals surface area contributed by atoms with Gasteiger partial charge in [-0.1, -0.05) is 26.7 Å². The van der Waals surface area contributed by atoms with E-state index < -0.39 is 0 Å². The molecule has 0 aromatic carbocycles. The number of hydrogen-bond donors (Lipinski definition) is 1. The molecule has 0 bridgehead atoms. The molecule has 1 aliphatic carbocycles. The van der Waals surface area contributed by atoms with Crippen molar-refractivity contribution in [2.75, 3.05) is 6.54 Å². The van der Waals surface area contributed by atoms with E-state index in [0.29, 0.717) is 5.41 Å². The molecule has 17 heavy (non-hydrogen) atoms. The molecule has 1 aliphatic rings. The Morgan fingerprint density at radius 1 is 1.35 bits per heavy atom. The van der Waals surface area contributed by atoms with Gasteiger partial charge in [0.05, 0.1) is 0 Å². The van der Waals surface area contributed by atoms with Gasteiger partial charge in [0.1, 0.15) is 0 Å². The van der Waals surface area contributed by atoms with Crippen LogP contribution in [0.5, 0.6) is 0 Å². The largest absolute Gasteiger partial charge is 0.350 e. The predicted octanol–water partition coefficient (Wildman–Crippen LogP) is 3.57. The van der Waals surface area contributed by atoms with Gasteiger partial charge >= 0.3 is 0 Å². The zero-order chi connectivity index (χ0) is 12.1. The van der Waals surface area contributed by atoms with Gasteiger partial charge in [0.15, 0.2) is 0 Å². The first kappa shape index (κ1) is 12.7. The first-order valence-corrected chi connectivity index (χ1v) is 7.08. The fraction of sp³-hybridized carbons (Fsp3) is 0.733. The summed E-state index contributed by atoms with van der Waals surface area (Å²) in [6.07, 6.45) is 9.04. The molecule has 2 rings (SSSR count). The molecular formula is C15H26N2. The molecule has 0 unspecified atom stereocenters. The van der Waals surface area contributed by atoms with Crippen LogP contribution in [0.2, 0.25) is 0 Å². The molecule has 1 aromatic heterocycles. The molecule has 0 spiro atoms. The van der Waals surface area contributed by atoms with Gasteiger partial charge in [0.25, 0.3) is 0 Å². The molecule has 1 aromatic rings. The van der Waals surface area contributed by atoms with Gasteiger partial charge in [-0.15, -0.1) is 0 Å². The van der Waals surface area contributed by atoms with Crippen LogP contribution in [-0.4, -0.2) is 11.1 Å². The zero-order valence-electron chi connectivity index (χ0n) is 11.3. The maximum Gasteiger partial charge on any atom is 0.0359 e. The Bertz CT molecular complexity index is 334. The zero-order valence-corrected chi connectivity index (χ0v) is 11.3. The quantitative estimate of drug-likeness (QED) is 0.796. The summed E-state index contributed by atoms with van der Waals surface area (Å²) < 4.78 is 2.37. The summed E-state index contributed by atoms with van der Waals surface area (Å²) in [5.41, 5.74) is 1.98. The number of aromatic nitrogens is 1. The van der Waals surface area contributed by atoms with E-state index in [9.17, 15) is 0 Å². The van der Waals surface area contributed by atoms with Crippen LogP contribution in [0, 0.1) is 5.41 Å². The highest BCUT2D eigenvalue weighted by Gasteiger charge is 2.27. The van der Waals surface area contributed by atoms with Gasteiger partial charge < -0.3 is 9.88 Å². The minimum atomic E-state index is 0.558. The first-order chi connectivity index (χ1) is 8.23. The summed E-state index contributed by atoms with van der Waals surface area (Å²) in [5, 5.41) is 3.65. The number of rotatable bonds is 6. The fourth-order valence-electron chi connectivity index (χ4n) is 2.97. The van der Waals surface area contributed by atoms with Crippen LogP contribution < -0.4 is 5.32 Å². The van der Waals surface area contributed by atoms with Crippen LogP contribution in [-0.2, 0) is 13.1 Å². The van der Waals surface area contributed by atoms with Gasteiger partial charge in [0, 0.05) is 31.5 Å². The minimum absolute atomic E-state index is 0.558. The molecule has 2 heteroatoms. The molecule has 2 nitrogen and oxygen atoms in total. The summed E-state index contributed by atoms with van der Waals surface area (Å²) in [7, 11) is 0. The molecule has 0 amide bonds. The van der Waals surface area contributed by atoms with E-state index in [1.807, 2.05) is 0 Å². The highest BCUT2D eigenvalue weighted by molar-refractivity contribution is 5.07. The number of hydrogen-bond acceptors (Lipinski definition) is 1. The molecule has 0 aliphatic heterocycles. The van der Waals surface area contributed by atoms with E-state index >= 15 is 0 Å². The van der Waals surface area contributed by atoms with Crippen molar-refractivity contribution >= 4 is 0 Å². The van der Waals surface area contributed by atoms with Gasteiger partial charge in [0.2, 0.25) is 0 Å². The van der Waals surface area contributed by atoms with Crippen LogP contribution in [0.25, 0.3) is 0 Å².